The normalized spacial score (nSPS) is 13.7. The molecular weight excluding hydrogens is 138 g/mol. The number of aliphatic hydroxyl groups is 2. The summed E-state index contributed by atoms with van der Waals surface area (Å²) in [5.74, 6) is 1.57. The first-order valence-electron chi connectivity index (χ1n) is 2.97. The summed E-state index contributed by atoms with van der Waals surface area (Å²) in [5.41, 5.74) is 3.64. The molecule has 0 saturated heterocycles. The molecule has 0 amide bonds. The molecule has 56 valence electrons. The lowest BCUT2D eigenvalue weighted by atomic mass is 10.4. The fourth-order valence-electron chi connectivity index (χ4n) is 0.374. The summed E-state index contributed by atoms with van der Waals surface area (Å²) in [7, 11) is 0. The summed E-state index contributed by atoms with van der Waals surface area (Å²) in [5, 5.41) is 17.1. The zero-order valence-corrected chi connectivity index (χ0v) is 6.23. The van der Waals surface area contributed by atoms with Gasteiger partial charge in [0.25, 0.3) is 0 Å². The van der Waals surface area contributed by atoms with Crippen LogP contribution >= 0.6 is 11.8 Å². The van der Waals surface area contributed by atoms with E-state index in [0.29, 0.717) is 5.75 Å². The van der Waals surface area contributed by atoms with Gasteiger partial charge in [0.2, 0.25) is 0 Å². The molecule has 0 saturated carbocycles. The number of thioether (sulfide) groups is 1. The SMILES string of the molecule is [NH3+]CCSCC(O)CO. The van der Waals surface area contributed by atoms with Gasteiger partial charge in [-0.05, 0) is 0 Å². The van der Waals surface area contributed by atoms with Crippen LogP contribution in [0, 0.1) is 0 Å². The lowest BCUT2D eigenvalue weighted by molar-refractivity contribution is -0.360. The summed E-state index contributed by atoms with van der Waals surface area (Å²) >= 11 is 1.61. The second kappa shape index (κ2) is 6.35. The van der Waals surface area contributed by atoms with Gasteiger partial charge in [-0.2, -0.15) is 11.8 Å². The Bertz CT molecular complexity index is 62.9. The van der Waals surface area contributed by atoms with Crippen LogP contribution in [0.1, 0.15) is 0 Å². The van der Waals surface area contributed by atoms with E-state index in [1.54, 1.807) is 11.8 Å². The highest BCUT2D eigenvalue weighted by Gasteiger charge is 1.99. The molecule has 4 heteroatoms. The topological polar surface area (TPSA) is 68.1 Å². The maximum Gasteiger partial charge on any atom is 0.0861 e. The Labute approximate surface area is 59.3 Å². The van der Waals surface area contributed by atoms with Gasteiger partial charge < -0.3 is 15.9 Å². The van der Waals surface area contributed by atoms with Crippen LogP contribution in [-0.4, -0.2) is 41.0 Å². The van der Waals surface area contributed by atoms with Crippen LogP contribution in [0.25, 0.3) is 0 Å². The van der Waals surface area contributed by atoms with Crippen LogP contribution in [0.15, 0.2) is 0 Å². The van der Waals surface area contributed by atoms with Crippen molar-refractivity contribution in [1.82, 2.24) is 0 Å². The molecule has 0 rings (SSSR count). The van der Waals surface area contributed by atoms with Crippen LogP contribution in [0.3, 0.4) is 0 Å². The third-order valence-electron chi connectivity index (χ3n) is 0.810. The predicted octanol–water partition coefficient (Wildman–Crippen LogP) is -1.69. The van der Waals surface area contributed by atoms with Crippen molar-refractivity contribution >= 4 is 11.8 Å². The minimum Gasteiger partial charge on any atom is -0.394 e. The average molecular weight is 152 g/mol. The molecule has 0 spiro atoms. The lowest BCUT2D eigenvalue weighted by Gasteiger charge is -2.03. The fraction of sp³-hybridized carbons (Fsp3) is 1.00. The minimum absolute atomic E-state index is 0.135. The highest BCUT2D eigenvalue weighted by molar-refractivity contribution is 7.99. The second-order valence-corrected chi connectivity index (χ2v) is 2.91. The van der Waals surface area contributed by atoms with Gasteiger partial charge in [-0.1, -0.05) is 0 Å². The number of hydrogen-bond donors (Lipinski definition) is 3. The molecule has 5 N–H and O–H groups in total. The van der Waals surface area contributed by atoms with Gasteiger partial charge in [0.15, 0.2) is 0 Å². The van der Waals surface area contributed by atoms with E-state index < -0.39 is 6.10 Å². The molecule has 0 aromatic carbocycles. The Morgan fingerprint density at radius 3 is 2.67 bits per heavy atom. The van der Waals surface area contributed by atoms with Gasteiger partial charge in [-0.25, -0.2) is 0 Å². The Morgan fingerprint density at radius 1 is 1.56 bits per heavy atom. The van der Waals surface area contributed by atoms with Crippen molar-refractivity contribution in [2.75, 3.05) is 24.7 Å². The predicted molar refractivity (Wildman–Crippen MR) is 38.2 cm³/mol. The van der Waals surface area contributed by atoms with E-state index in [1.165, 1.54) is 0 Å². The van der Waals surface area contributed by atoms with Crippen molar-refractivity contribution in [3.05, 3.63) is 0 Å². The van der Waals surface area contributed by atoms with Crippen molar-refractivity contribution in [2.24, 2.45) is 0 Å². The molecular formula is C5H14NO2S+. The summed E-state index contributed by atoms with van der Waals surface area (Å²) in [6.45, 7) is 0.743. The molecule has 1 atom stereocenters. The Morgan fingerprint density at radius 2 is 2.22 bits per heavy atom. The first-order chi connectivity index (χ1) is 4.31. The van der Waals surface area contributed by atoms with Gasteiger partial charge in [-0.15, -0.1) is 0 Å². The number of quaternary nitrogens is 1. The van der Waals surface area contributed by atoms with Crippen LogP contribution in [-0.2, 0) is 0 Å². The van der Waals surface area contributed by atoms with Gasteiger partial charge in [0.1, 0.15) is 0 Å². The largest absolute Gasteiger partial charge is 0.394 e. The lowest BCUT2D eigenvalue weighted by Crippen LogP contribution is -2.51. The molecule has 0 aliphatic carbocycles. The Balaban J connectivity index is 2.88. The van der Waals surface area contributed by atoms with Crippen molar-refractivity contribution in [3.63, 3.8) is 0 Å². The molecule has 0 radical (unpaired) electrons. The van der Waals surface area contributed by atoms with Crippen LogP contribution in [0.5, 0.6) is 0 Å². The molecule has 9 heavy (non-hydrogen) atoms. The van der Waals surface area contributed by atoms with Gasteiger partial charge in [0, 0.05) is 11.5 Å². The molecule has 0 aromatic rings. The van der Waals surface area contributed by atoms with E-state index in [4.69, 9.17) is 10.2 Å². The average Bonchev–Trinajstić information content (AvgIpc) is 1.89. The first-order valence-corrected chi connectivity index (χ1v) is 4.12. The minimum atomic E-state index is -0.554. The van der Waals surface area contributed by atoms with Crippen molar-refractivity contribution in [3.8, 4) is 0 Å². The van der Waals surface area contributed by atoms with Crippen molar-refractivity contribution < 1.29 is 15.9 Å². The maximum absolute atomic E-state index is 8.79. The zero-order chi connectivity index (χ0) is 7.11. The molecule has 0 bridgehead atoms. The third kappa shape index (κ3) is 6.11. The van der Waals surface area contributed by atoms with Gasteiger partial charge in [-0.3, -0.25) is 0 Å². The number of aliphatic hydroxyl groups excluding tert-OH is 2. The first kappa shape index (κ1) is 9.23. The molecule has 0 aliphatic rings. The van der Waals surface area contributed by atoms with Crippen LogP contribution in [0.2, 0.25) is 0 Å². The number of rotatable bonds is 5. The Kier molecular flexibility index (Phi) is 6.51. The molecule has 3 nitrogen and oxygen atoms in total. The summed E-state index contributed by atoms with van der Waals surface area (Å²) in [6, 6.07) is 0. The van der Waals surface area contributed by atoms with E-state index in [9.17, 15) is 0 Å². The quantitative estimate of drug-likeness (QED) is 0.412. The van der Waals surface area contributed by atoms with Gasteiger partial charge >= 0.3 is 0 Å². The van der Waals surface area contributed by atoms with E-state index in [0.717, 1.165) is 12.3 Å². The van der Waals surface area contributed by atoms with Gasteiger partial charge in [0.05, 0.1) is 19.3 Å². The molecule has 0 fully saturated rings. The van der Waals surface area contributed by atoms with Crippen LogP contribution in [0.4, 0.5) is 0 Å². The standard InChI is InChI=1S/C5H13NO2S/c6-1-2-9-4-5(8)3-7/h5,7-8H,1-4,6H2/p+1. The van der Waals surface area contributed by atoms with E-state index >= 15 is 0 Å². The summed E-state index contributed by atoms with van der Waals surface area (Å²) < 4.78 is 0. The highest BCUT2D eigenvalue weighted by Crippen LogP contribution is 1.99. The summed E-state index contributed by atoms with van der Waals surface area (Å²) in [4.78, 5) is 0. The summed E-state index contributed by atoms with van der Waals surface area (Å²) in [6.07, 6.45) is -0.554. The zero-order valence-electron chi connectivity index (χ0n) is 5.42. The van der Waals surface area contributed by atoms with Crippen molar-refractivity contribution in [1.29, 1.82) is 0 Å². The number of hydrogen-bond acceptors (Lipinski definition) is 3. The third-order valence-corrected chi connectivity index (χ3v) is 2.01. The van der Waals surface area contributed by atoms with E-state index in [-0.39, 0.29) is 6.61 Å². The highest BCUT2D eigenvalue weighted by atomic mass is 32.2. The molecule has 0 aliphatic heterocycles. The molecule has 0 aromatic heterocycles. The maximum atomic E-state index is 8.79. The molecule has 0 heterocycles. The second-order valence-electron chi connectivity index (χ2n) is 1.76. The monoisotopic (exact) mass is 152 g/mol. The molecule has 1 unspecified atom stereocenters. The smallest absolute Gasteiger partial charge is 0.0861 e. The van der Waals surface area contributed by atoms with E-state index in [1.807, 2.05) is 0 Å². The van der Waals surface area contributed by atoms with Crippen LogP contribution < -0.4 is 5.73 Å². The van der Waals surface area contributed by atoms with Crippen molar-refractivity contribution in [2.45, 2.75) is 6.10 Å². The van der Waals surface area contributed by atoms with E-state index in [2.05, 4.69) is 5.73 Å². The fourth-order valence-corrected chi connectivity index (χ4v) is 1.12. The Hall–Kier alpha value is 0.230.